The van der Waals surface area contributed by atoms with Crippen molar-refractivity contribution in [1.29, 1.82) is 0 Å². The van der Waals surface area contributed by atoms with Crippen molar-refractivity contribution in [3.8, 4) is 0 Å². The molecule has 3 N–H and O–H groups in total. The number of rotatable bonds is 16. The third-order valence-electron chi connectivity index (χ3n) is 6.91. The highest BCUT2D eigenvalue weighted by Gasteiger charge is 2.44. The van der Waals surface area contributed by atoms with E-state index in [1.54, 1.807) is 0 Å². The molecular formula is C31H41O5P. The number of benzene rings is 3. The van der Waals surface area contributed by atoms with Gasteiger partial charge in [-0.1, -0.05) is 111 Å². The zero-order valence-corrected chi connectivity index (χ0v) is 22.6. The van der Waals surface area contributed by atoms with Gasteiger partial charge in [0.05, 0.1) is 30.6 Å². The Hall–Kier alpha value is -2.27. The van der Waals surface area contributed by atoms with E-state index in [4.69, 9.17) is 4.74 Å². The Kier molecular flexibility index (Phi) is 12.0. The summed E-state index contributed by atoms with van der Waals surface area (Å²) in [6.07, 6.45) is 1.02. The minimum Gasteiger partial charge on any atom is -0.396 e. The van der Waals surface area contributed by atoms with Crippen LogP contribution in [0.4, 0.5) is 0 Å². The molecule has 0 saturated carbocycles. The number of aliphatic hydroxyl groups is 3. The molecule has 5 nitrogen and oxygen atoms in total. The van der Waals surface area contributed by atoms with Gasteiger partial charge in [-0.2, -0.15) is 0 Å². The molecule has 0 spiro atoms. The first-order valence-corrected chi connectivity index (χ1v) is 15.1. The summed E-state index contributed by atoms with van der Waals surface area (Å²) >= 11 is 0. The Labute approximate surface area is 221 Å². The molecule has 0 fully saturated rings. The minimum atomic E-state index is -3.41. The van der Waals surface area contributed by atoms with Crippen LogP contribution in [0.25, 0.3) is 0 Å². The normalized spacial score (nSPS) is 15.1. The Morgan fingerprint density at radius 1 is 0.784 bits per heavy atom. The third-order valence-corrected chi connectivity index (χ3v) is 10.5. The summed E-state index contributed by atoms with van der Waals surface area (Å²) in [5.41, 5.74) is 0.294. The van der Waals surface area contributed by atoms with Gasteiger partial charge < -0.3 is 24.6 Å². The van der Waals surface area contributed by atoms with Crippen molar-refractivity contribution in [2.45, 2.75) is 76.0 Å². The van der Waals surface area contributed by atoms with Crippen LogP contribution in [-0.4, -0.2) is 45.9 Å². The van der Waals surface area contributed by atoms with Gasteiger partial charge in [0.1, 0.15) is 7.14 Å². The van der Waals surface area contributed by atoms with Crippen LogP contribution in [-0.2, 0) is 15.9 Å². The summed E-state index contributed by atoms with van der Waals surface area (Å²) in [7, 11) is -3.41. The lowest BCUT2D eigenvalue weighted by molar-refractivity contribution is -0.0150. The zero-order valence-electron chi connectivity index (χ0n) is 21.7. The van der Waals surface area contributed by atoms with E-state index in [2.05, 4.69) is 6.92 Å². The fraction of sp³-hybridized carbons (Fsp3) is 0.419. The minimum absolute atomic E-state index is 0.0806. The topological polar surface area (TPSA) is 87.0 Å². The summed E-state index contributed by atoms with van der Waals surface area (Å²) in [6.45, 7) is 2.47. The standard InChI is InChI=1S/C31H41O5P/c1-2-3-16-26(36-24-25-14-7-4-8-15-25)23-30(31(34)29(33)21-13-22-32)37(35,27-17-9-5-10-18-27)28-19-11-6-12-20-28/h4-12,14-15,17-20,26,29-34H,2-3,13,16,21-24H2,1H3/t26-,29?,30-,31+/m1/s1. The van der Waals surface area contributed by atoms with Crippen molar-refractivity contribution in [2.75, 3.05) is 6.61 Å². The summed E-state index contributed by atoms with van der Waals surface area (Å²) in [5.74, 6) is 0. The Balaban J connectivity index is 2.02. The fourth-order valence-electron chi connectivity index (χ4n) is 4.82. The molecule has 0 radical (unpaired) electrons. The number of aliphatic hydroxyl groups excluding tert-OH is 3. The van der Waals surface area contributed by atoms with E-state index in [0.29, 0.717) is 30.1 Å². The van der Waals surface area contributed by atoms with Gasteiger partial charge in [-0.3, -0.25) is 0 Å². The molecule has 0 bridgehead atoms. The smallest absolute Gasteiger partial charge is 0.148 e. The molecule has 3 aromatic carbocycles. The summed E-state index contributed by atoms with van der Waals surface area (Å²) in [6, 6.07) is 28.5. The largest absolute Gasteiger partial charge is 0.396 e. The number of hydrogen-bond acceptors (Lipinski definition) is 5. The molecule has 1 unspecified atom stereocenters. The second-order valence-corrected chi connectivity index (χ2v) is 12.6. The quantitative estimate of drug-likeness (QED) is 0.229. The molecule has 3 aromatic rings. The van der Waals surface area contributed by atoms with E-state index in [0.717, 1.165) is 24.8 Å². The lowest BCUT2D eigenvalue weighted by Crippen LogP contribution is -2.43. The molecule has 0 aliphatic heterocycles. The van der Waals surface area contributed by atoms with Crippen LogP contribution in [0.15, 0.2) is 91.0 Å². The highest BCUT2D eigenvalue weighted by molar-refractivity contribution is 7.79. The van der Waals surface area contributed by atoms with Crippen LogP contribution in [0.1, 0.15) is 51.0 Å². The van der Waals surface area contributed by atoms with Gasteiger partial charge in [0.25, 0.3) is 0 Å². The predicted molar refractivity (Wildman–Crippen MR) is 151 cm³/mol. The number of unbranched alkanes of at least 4 members (excludes halogenated alkanes) is 1. The van der Waals surface area contributed by atoms with Crippen molar-refractivity contribution in [3.05, 3.63) is 96.6 Å². The summed E-state index contributed by atoms with van der Waals surface area (Å²) < 4.78 is 21.6. The first-order valence-electron chi connectivity index (χ1n) is 13.3. The van der Waals surface area contributed by atoms with Crippen LogP contribution >= 0.6 is 7.14 Å². The van der Waals surface area contributed by atoms with E-state index < -0.39 is 25.0 Å². The highest BCUT2D eigenvalue weighted by atomic mass is 31.2. The lowest BCUT2D eigenvalue weighted by atomic mass is 9.99. The predicted octanol–water partition coefficient (Wildman–Crippen LogP) is 5.03. The number of ether oxygens (including phenoxy) is 1. The van der Waals surface area contributed by atoms with Crippen LogP contribution in [0, 0.1) is 0 Å². The van der Waals surface area contributed by atoms with E-state index >= 15 is 4.57 Å². The molecule has 0 aromatic heterocycles. The molecule has 4 atom stereocenters. The van der Waals surface area contributed by atoms with E-state index in [-0.39, 0.29) is 19.1 Å². The third kappa shape index (κ3) is 8.10. The van der Waals surface area contributed by atoms with Crippen molar-refractivity contribution in [3.63, 3.8) is 0 Å². The Bertz CT molecular complexity index is 1020. The molecule has 37 heavy (non-hydrogen) atoms. The van der Waals surface area contributed by atoms with Gasteiger partial charge >= 0.3 is 0 Å². The molecule has 0 amide bonds. The van der Waals surface area contributed by atoms with Gasteiger partial charge in [0.2, 0.25) is 0 Å². The van der Waals surface area contributed by atoms with Crippen LogP contribution in [0.5, 0.6) is 0 Å². The average molecular weight is 525 g/mol. The summed E-state index contributed by atoms with van der Waals surface area (Å²) in [5, 5.41) is 33.1. The zero-order chi connectivity index (χ0) is 26.5. The molecule has 6 heteroatoms. The van der Waals surface area contributed by atoms with Gasteiger partial charge in [0.15, 0.2) is 0 Å². The van der Waals surface area contributed by atoms with E-state index in [1.807, 2.05) is 91.0 Å². The monoisotopic (exact) mass is 524 g/mol. The second kappa shape index (κ2) is 15.2. The molecule has 0 aliphatic rings. The average Bonchev–Trinajstić information content (AvgIpc) is 2.96. The van der Waals surface area contributed by atoms with Gasteiger partial charge in [-0.05, 0) is 31.2 Å². The Morgan fingerprint density at radius 3 is 1.84 bits per heavy atom. The molecular weight excluding hydrogens is 483 g/mol. The first kappa shape index (κ1) is 29.3. The van der Waals surface area contributed by atoms with Crippen LogP contribution < -0.4 is 10.6 Å². The number of hydrogen-bond donors (Lipinski definition) is 3. The maximum atomic E-state index is 15.2. The lowest BCUT2D eigenvalue weighted by Gasteiger charge is -2.36. The molecule has 200 valence electrons. The fourth-order valence-corrected chi connectivity index (χ4v) is 8.28. The molecule has 0 aliphatic carbocycles. The van der Waals surface area contributed by atoms with Crippen molar-refractivity contribution >= 4 is 17.8 Å². The van der Waals surface area contributed by atoms with E-state index in [9.17, 15) is 15.3 Å². The van der Waals surface area contributed by atoms with Crippen molar-refractivity contribution in [1.82, 2.24) is 0 Å². The molecule has 0 heterocycles. The SMILES string of the molecule is CCCC[C@H](C[C@H]([C@@H](O)C(O)CCCO)P(=O)(c1ccccc1)c1ccccc1)OCc1ccccc1. The maximum Gasteiger partial charge on any atom is 0.148 e. The van der Waals surface area contributed by atoms with Gasteiger partial charge in [-0.15, -0.1) is 0 Å². The van der Waals surface area contributed by atoms with Crippen molar-refractivity contribution < 1.29 is 24.6 Å². The van der Waals surface area contributed by atoms with Gasteiger partial charge in [-0.25, -0.2) is 0 Å². The Morgan fingerprint density at radius 2 is 1.32 bits per heavy atom. The second-order valence-electron chi connectivity index (χ2n) is 9.62. The van der Waals surface area contributed by atoms with Crippen LogP contribution in [0.2, 0.25) is 0 Å². The van der Waals surface area contributed by atoms with Gasteiger partial charge in [0, 0.05) is 17.2 Å². The highest BCUT2D eigenvalue weighted by Crippen LogP contribution is 2.52. The maximum absolute atomic E-state index is 15.2. The van der Waals surface area contributed by atoms with E-state index in [1.165, 1.54) is 0 Å². The van der Waals surface area contributed by atoms with Crippen molar-refractivity contribution in [2.24, 2.45) is 0 Å². The summed E-state index contributed by atoms with van der Waals surface area (Å²) in [4.78, 5) is 0. The molecule has 3 rings (SSSR count). The first-order chi connectivity index (χ1) is 18.0. The van der Waals surface area contributed by atoms with Crippen LogP contribution in [0.3, 0.4) is 0 Å². The molecule has 0 saturated heterocycles.